The Kier molecular flexibility index (Phi) is 5.43. The van der Waals surface area contributed by atoms with E-state index in [1.165, 1.54) is 0 Å². The smallest absolute Gasteiger partial charge is 0.146 e. The lowest BCUT2D eigenvalue weighted by molar-refractivity contribution is 0.202. The first-order valence-electron chi connectivity index (χ1n) is 8.66. The number of aromatic nitrogens is 3. The van der Waals surface area contributed by atoms with Crippen molar-refractivity contribution >= 4 is 5.69 Å². The molecule has 136 valence electrons. The maximum absolute atomic E-state index is 5.35. The van der Waals surface area contributed by atoms with E-state index in [1.807, 2.05) is 32.2 Å². The second-order valence-corrected chi connectivity index (χ2v) is 6.54. The monoisotopic (exact) mass is 345 g/mol. The van der Waals surface area contributed by atoms with Gasteiger partial charge in [-0.05, 0) is 26.3 Å². The standard InChI is InChI=1S/C18H27N5O2/c1-13-20-21-18(22(13)2)12-23-7-5-6-14(11-23)19-15-8-16(24-3)10-17(9-15)25-4/h8-10,14,19H,5-7,11-12H2,1-4H3/t14-/m0/s1. The van der Waals surface area contributed by atoms with Crippen molar-refractivity contribution in [1.29, 1.82) is 0 Å². The van der Waals surface area contributed by atoms with Gasteiger partial charge in [-0.15, -0.1) is 10.2 Å². The number of likely N-dealkylation sites (tertiary alicyclic amines) is 1. The SMILES string of the molecule is COc1cc(N[C@H]2CCCN(Cc3nnc(C)n3C)C2)cc(OC)c1. The molecule has 0 unspecified atom stereocenters. The lowest BCUT2D eigenvalue weighted by Crippen LogP contribution is -2.42. The summed E-state index contributed by atoms with van der Waals surface area (Å²) in [6.45, 7) is 4.88. The van der Waals surface area contributed by atoms with Crippen LogP contribution in [0.25, 0.3) is 0 Å². The molecule has 1 fully saturated rings. The molecule has 0 bridgehead atoms. The highest BCUT2D eigenvalue weighted by Gasteiger charge is 2.21. The molecule has 1 aromatic heterocycles. The zero-order valence-corrected chi connectivity index (χ0v) is 15.5. The number of methoxy groups -OCH3 is 2. The van der Waals surface area contributed by atoms with Crippen molar-refractivity contribution in [2.24, 2.45) is 7.05 Å². The topological polar surface area (TPSA) is 64.4 Å². The minimum atomic E-state index is 0.389. The summed E-state index contributed by atoms with van der Waals surface area (Å²) >= 11 is 0. The third kappa shape index (κ3) is 4.22. The average molecular weight is 345 g/mol. The van der Waals surface area contributed by atoms with Crippen LogP contribution in [0.2, 0.25) is 0 Å². The van der Waals surface area contributed by atoms with Crippen LogP contribution < -0.4 is 14.8 Å². The van der Waals surface area contributed by atoms with Gasteiger partial charge in [0.15, 0.2) is 0 Å². The van der Waals surface area contributed by atoms with Gasteiger partial charge in [0.05, 0.1) is 20.8 Å². The molecule has 0 aliphatic carbocycles. The summed E-state index contributed by atoms with van der Waals surface area (Å²) in [6, 6.07) is 6.29. The number of piperidine rings is 1. The fourth-order valence-electron chi connectivity index (χ4n) is 3.23. The van der Waals surface area contributed by atoms with Crippen molar-refractivity contribution in [3.05, 3.63) is 29.8 Å². The van der Waals surface area contributed by atoms with Crippen LogP contribution in [0, 0.1) is 6.92 Å². The molecule has 3 rings (SSSR count). The molecule has 1 N–H and O–H groups in total. The van der Waals surface area contributed by atoms with Gasteiger partial charge in [-0.2, -0.15) is 0 Å². The first-order chi connectivity index (χ1) is 12.1. The van der Waals surface area contributed by atoms with Crippen LogP contribution in [0.4, 0.5) is 5.69 Å². The largest absolute Gasteiger partial charge is 0.497 e. The second kappa shape index (κ2) is 7.74. The highest BCUT2D eigenvalue weighted by atomic mass is 16.5. The van der Waals surface area contributed by atoms with Gasteiger partial charge in [-0.25, -0.2) is 0 Å². The van der Waals surface area contributed by atoms with Crippen LogP contribution in [-0.4, -0.2) is 53.0 Å². The summed E-state index contributed by atoms with van der Waals surface area (Å²) in [5.74, 6) is 3.56. The summed E-state index contributed by atoms with van der Waals surface area (Å²) in [5, 5.41) is 12.1. The van der Waals surface area contributed by atoms with Gasteiger partial charge in [0, 0.05) is 43.5 Å². The molecular weight excluding hydrogens is 318 g/mol. The van der Waals surface area contributed by atoms with Crippen LogP contribution in [0.5, 0.6) is 11.5 Å². The molecule has 1 saturated heterocycles. The van der Waals surface area contributed by atoms with Crippen LogP contribution in [0.1, 0.15) is 24.5 Å². The quantitative estimate of drug-likeness (QED) is 0.866. The molecule has 7 heteroatoms. The maximum atomic E-state index is 5.35. The van der Waals surface area contributed by atoms with Gasteiger partial charge in [-0.1, -0.05) is 0 Å². The molecule has 1 aliphatic rings. The maximum Gasteiger partial charge on any atom is 0.146 e. The van der Waals surface area contributed by atoms with E-state index in [-0.39, 0.29) is 0 Å². The molecule has 1 aliphatic heterocycles. The Labute approximate surface area is 148 Å². The van der Waals surface area contributed by atoms with Crippen LogP contribution in [-0.2, 0) is 13.6 Å². The van der Waals surface area contributed by atoms with Gasteiger partial charge >= 0.3 is 0 Å². The van der Waals surface area contributed by atoms with E-state index in [9.17, 15) is 0 Å². The van der Waals surface area contributed by atoms with Crippen LogP contribution >= 0.6 is 0 Å². The summed E-state index contributed by atoms with van der Waals surface area (Å²) in [5.41, 5.74) is 1.03. The fraction of sp³-hybridized carbons (Fsp3) is 0.556. The van der Waals surface area contributed by atoms with Crippen molar-refractivity contribution in [3.63, 3.8) is 0 Å². The van der Waals surface area contributed by atoms with E-state index < -0.39 is 0 Å². The number of rotatable bonds is 6. The number of anilines is 1. The highest BCUT2D eigenvalue weighted by Crippen LogP contribution is 2.27. The molecule has 7 nitrogen and oxygen atoms in total. The first kappa shape index (κ1) is 17.5. The number of nitrogens with one attached hydrogen (secondary N) is 1. The fourth-order valence-corrected chi connectivity index (χ4v) is 3.23. The van der Waals surface area contributed by atoms with E-state index in [2.05, 4.69) is 25.0 Å². The zero-order chi connectivity index (χ0) is 17.8. The third-order valence-corrected chi connectivity index (χ3v) is 4.78. The summed E-state index contributed by atoms with van der Waals surface area (Å²) in [7, 11) is 5.36. The van der Waals surface area contributed by atoms with Gasteiger partial charge in [0.2, 0.25) is 0 Å². The minimum Gasteiger partial charge on any atom is -0.497 e. The molecule has 25 heavy (non-hydrogen) atoms. The predicted octanol–water partition coefficient (Wildman–Crippen LogP) is 2.22. The molecule has 1 atom stereocenters. The second-order valence-electron chi connectivity index (χ2n) is 6.54. The van der Waals surface area contributed by atoms with Crippen molar-refractivity contribution in [1.82, 2.24) is 19.7 Å². The Bertz CT molecular complexity index is 693. The number of aryl methyl sites for hydroxylation is 1. The van der Waals surface area contributed by atoms with Crippen molar-refractivity contribution in [3.8, 4) is 11.5 Å². The molecular formula is C18H27N5O2. The molecule has 0 saturated carbocycles. The number of hydrogen-bond donors (Lipinski definition) is 1. The Balaban J connectivity index is 1.64. The first-order valence-corrected chi connectivity index (χ1v) is 8.66. The molecule has 2 heterocycles. The Hall–Kier alpha value is -2.28. The minimum absolute atomic E-state index is 0.389. The van der Waals surface area contributed by atoms with Gasteiger partial charge in [-0.3, -0.25) is 4.90 Å². The predicted molar refractivity (Wildman–Crippen MR) is 97.2 cm³/mol. The molecule has 0 amide bonds. The number of ether oxygens (including phenoxy) is 2. The van der Waals surface area contributed by atoms with Gasteiger partial charge in [0.25, 0.3) is 0 Å². The lowest BCUT2D eigenvalue weighted by Gasteiger charge is -2.33. The van der Waals surface area contributed by atoms with Crippen LogP contribution in [0.15, 0.2) is 18.2 Å². The highest BCUT2D eigenvalue weighted by molar-refractivity contribution is 5.54. The summed E-state index contributed by atoms with van der Waals surface area (Å²) in [6.07, 6.45) is 2.31. The van der Waals surface area contributed by atoms with Gasteiger partial charge in [0.1, 0.15) is 23.1 Å². The van der Waals surface area contributed by atoms with Crippen LogP contribution in [0.3, 0.4) is 0 Å². The summed E-state index contributed by atoms with van der Waals surface area (Å²) in [4.78, 5) is 2.43. The number of benzene rings is 1. The van der Waals surface area contributed by atoms with E-state index in [0.717, 1.165) is 61.3 Å². The molecule has 2 aromatic rings. The zero-order valence-electron chi connectivity index (χ0n) is 15.5. The van der Waals surface area contributed by atoms with Gasteiger partial charge < -0.3 is 19.4 Å². The third-order valence-electron chi connectivity index (χ3n) is 4.78. The Morgan fingerprint density at radius 1 is 1.16 bits per heavy atom. The van der Waals surface area contributed by atoms with E-state index in [4.69, 9.17) is 9.47 Å². The lowest BCUT2D eigenvalue weighted by atomic mass is 10.1. The number of hydrogen-bond acceptors (Lipinski definition) is 6. The average Bonchev–Trinajstić information content (AvgIpc) is 2.93. The molecule has 0 spiro atoms. The Morgan fingerprint density at radius 3 is 2.48 bits per heavy atom. The summed E-state index contributed by atoms with van der Waals surface area (Å²) < 4.78 is 12.8. The Morgan fingerprint density at radius 2 is 1.88 bits per heavy atom. The molecule has 1 aromatic carbocycles. The number of nitrogens with zero attached hydrogens (tertiary/aromatic N) is 4. The van der Waals surface area contributed by atoms with Crippen molar-refractivity contribution in [2.45, 2.75) is 32.4 Å². The van der Waals surface area contributed by atoms with E-state index >= 15 is 0 Å². The normalized spacial score (nSPS) is 18.2. The van der Waals surface area contributed by atoms with Crippen molar-refractivity contribution < 1.29 is 9.47 Å². The van der Waals surface area contributed by atoms with E-state index in [0.29, 0.717) is 6.04 Å². The molecule has 0 radical (unpaired) electrons. The van der Waals surface area contributed by atoms with E-state index in [1.54, 1.807) is 14.2 Å². The van der Waals surface area contributed by atoms with Crippen molar-refractivity contribution in [2.75, 3.05) is 32.6 Å².